The summed E-state index contributed by atoms with van der Waals surface area (Å²) in [6.45, 7) is 12.5. The maximum atomic E-state index is 13.5. The Balaban J connectivity index is 1.95. The van der Waals surface area contributed by atoms with Gasteiger partial charge in [-0.25, -0.2) is 0 Å². The van der Waals surface area contributed by atoms with Crippen molar-refractivity contribution in [2.45, 2.75) is 65.3 Å². The summed E-state index contributed by atoms with van der Waals surface area (Å²) in [6.07, 6.45) is 1.36. The van der Waals surface area contributed by atoms with Crippen LogP contribution in [0.2, 0.25) is 13.1 Å². The fourth-order valence-electron chi connectivity index (χ4n) is 4.88. The molecule has 165 valence electrons. The Hall–Kier alpha value is -1.86. The first-order valence-electron chi connectivity index (χ1n) is 10.5. The van der Waals surface area contributed by atoms with Gasteiger partial charge in [0.25, 0.3) is 0 Å². The lowest BCUT2D eigenvalue weighted by molar-refractivity contribution is -0.161. The predicted molar refractivity (Wildman–Crippen MR) is 118 cm³/mol. The van der Waals surface area contributed by atoms with E-state index in [1.54, 1.807) is 20.3 Å². The molecule has 3 rings (SSSR count). The lowest BCUT2D eigenvalue weighted by atomic mass is 9.60. The summed E-state index contributed by atoms with van der Waals surface area (Å²) in [5.41, 5.74) is 0.665. The number of ether oxygens (including phenoxy) is 2. The van der Waals surface area contributed by atoms with Crippen LogP contribution in [-0.2, 0) is 15.6 Å². The number of rotatable bonds is 6. The Morgan fingerprint density at radius 1 is 1.07 bits per heavy atom. The molecule has 1 aliphatic heterocycles. The van der Waals surface area contributed by atoms with Gasteiger partial charge in [-0.2, -0.15) is 0 Å². The van der Waals surface area contributed by atoms with Crippen molar-refractivity contribution in [2.24, 2.45) is 17.3 Å². The van der Waals surface area contributed by atoms with Gasteiger partial charge in [0.05, 0.1) is 31.8 Å². The number of fused-ring (bicyclic) bond motifs is 1. The minimum atomic E-state index is -1.04. The number of Topliss-reactive ketones (excluding diaryl/α,β-unsaturated/α-hetero) is 1. The molecule has 1 aliphatic carbocycles. The molecule has 1 aromatic carbocycles. The van der Waals surface area contributed by atoms with Gasteiger partial charge in [0.2, 0.25) is 14.9 Å². The Morgan fingerprint density at radius 3 is 2.23 bits per heavy atom. The van der Waals surface area contributed by atoms with Crippen LogP contribution in [0, 0.1) is 17.3 Å². The highest BCUT2D eigenvalue weighted by Gasteiger charge is 2.60. The zero-order chi connectivity index (χ0) is 22.4. The Kier molecular flexibility index (Phi) is 6.08. The Morgan fingerprint density at radius 2 is 1.73 bits per heavy atom. The normalized spacial score (nSPS) is 25.8. The number of β-lactam (4-membered cyclic amide) rings is 1. The summed E-state index contributed by atoms with van der Waals surface area (Å²) in [5, 5.41) is 3.04. The highest BCUT2D eigenvalue weighted by molar-refractivity contribution is 6.48. The number of hydrogen-bond acceptors (Lipinski definition) is 5. The molecule has 30 heavy (non-hydrogen) atoms. The monoisotopic (exact) mass is 432 g/mol. The number of carbonyl (C=O) groups is 2. The molecule has 1 amide bonds. The molecule has 0 bridgehead atoms. The van der Waals surface area contributed by atoms with E-state index in [1.807, 2.05) is 13.0 Å². The van der Waals surface area contributed by atoms with E-state index >= 15 is 0 Å². The van der Waals surface area contributed by atoms with Crippen LogP contribution in [0.4, 0.5) is 0 Å². The number of carbonyl (C=O) groups excluding carboxylic acids is 2. The van der Waals surface area contributed by atoms with Gasteiger partial charge < -0.3 is 19.2 Å². The third-order valence-electron chi connectivity index (χ3n) is 6.84. The average Bonchev–Trinajstić information content (AvgIpc) is 2.64. The standard InChI is InChI=1S/C23H34NO5Si/c1-22(2,3)23(4,29-30(7)8)17-18(24-21(17)26)15-10-9-14-13(19(15)25)11-12-16(27-5)20(14)28-6/h11-12,15,17-18H,9-10H2,1-8H3,(H,24,26)/t15-,17-,18-,23-/m1/s1. The van der Waals surface area contributed by atoms with Gasteiger partial charge in [-0.15, -0.1) is 0 Å². The van der Waals surface area contributed by atoms with Gasteiger partial charge in [0.1, 0.15) is 0 Å². The van der Waals surface area contributed by atoms with Gasteiger partial charge in [-0.3, -0.25) is 9.59 Å². The molecule has 1 radical (unpaired) electrons. The van der Waals surface area contributed by atoms with Crippen LogP contribution in [-0.4, -0.2) is 46.6 Å². The molecular weight excluding hydrogens is 398 g/mol. The van der Waals surface area contributed by atoms with E-state index in [4.69, 9.17) is 13.9 Å². The summed E-state index contributed by atoms with van der Waals surface area (Å²) in [7, 11) is 2.14. The van der Waals surface area contributed by atoms with Crippen LogP contribution >= 0.6 is 0 Å². The van der Waals surface area contributed by atoms with Crippen molar-refractivity contribution in [3.05, 3.63) is 23.3 Å². The summed E-state index contributed by atoms with van der Waals surface area (Å²) in [4.78, 5) is 26.3. The van der Waals surface area contributed by atoms with Crippen molar-refractivity contribution in [2.75, 3.05) is 14.2 Å². The largest absolute Gasteiger partial charge is 0.493 e. The van der Waals surface area contributed by atoms with Crippen molar-refractivity contribution in [1.29, 1.82) is 0 Å². The van der Waals surface area contributed by atoms with E-state index in [-0.39, 0.29) is 35.0 Å². The third-order valence-corrected chi connectivity index (χ3v) is 7.67. The van der Waals surface area contributed by atoms with E-state index in [1.165, 1.54) is 0 Å². The zero-order valence-electron chi connectivity index (χ0n) is 19.3. The molecule has 7 heteroatoms. The van der Waals surface area contributed by atoms with Gasteiger partial charge in [-0.1, -0.05) is 20.8 Å². The molecule has 1 fully saturated rings. The van der Waals surface area contributed by atoms with Crippen LogP contribution in [0.1, 0.15) is 50.0 Å². The number of nitrogens with one attached hydrogen (secondary N) is 1. The minimum absolute atomic E-state index is 0.0217. The highest BCUT2D eigenvalue weighted by atomic mass is 28.3. The first-order valence-corrected chi connectivity index (χ1v) is 12.9. The minimum Gasteiger partial charge on any atom is -0.493 e. The number of methoxy groups -OCH3 is 2. The molecule has 2 aliphatic rings. The molecule has 0 unspecified atom stereocenters. The van der Waals surface area contributed by atoms with Crippen LogP contribution < -0.4 is 14.8 Å². The van der Waals surface area contributed by atoms with Crippen LogP contribution in [0.25, 0.3) is 0 Å². The molecular formula is C23H34NO5Si. The first-order chi connectivity index (χ1) is 14.0. The summed E-state index contributed by atoms with van der Waals surface area (Å²) >= 11 is 0. The molecule has 1 saturated heterocycles. The Labute approximate surface area is 181 Å². The zero-order valence-corrected chi connectivity index (χ0v) is 20.3. The molecule has 1 heterocycles. The second kappa shape index (κ2) is 8.00. The maximum absolute atomic E-state index is 13.5. The van der Waals surface area contributed by atoms with E-state index in [0.29, 0.717) is 29.9 Å². The van der Waals surface area contributed by atoms with Crippen molar-refractivity contribution in [3.8, 4) is 11.5 Å². The highest BCUT2D eigenvalue weighted by Crippen LogP contribution is 2.48. The molecule has 1 aromatic rings. The van der Waals surface area contributed by atoms with Crippen LogP contribution in [0.5, 0.6) is 11.5 Å². The number of ketones is 1. The molecule has 0 aromatic heterocycles. The quantitative estimate of drug-likeness (QED) is 0.549. The molecule has 0 spiro atoms. The smallest absolute Gasteiger partial charge is 0.228 e. The summed E-state index contributed by atoms with van der Waals surface area (Å²) in [5.74, 6) is 0.671. The number of benzene rings is 1. The average molecular weight is 433 g/mol. The first kappa shape index (κ1) is 22.8. The SMILES string of the molecule is COc1ccc2c(c1OC)CC[C@H]([C@H]1NC(=O)[C@@H]1[C@@](C)(O[Si](C)C)C(C)(C)C)C2=O. The second-order valence-electron chi connectivity index (χ2n) is 9.72. The topological polar surface area (TPSA) is 73.9 Å². The molecule has 4 atom stereocenters. The van der Waals surface area contributed by atoms with Crippen molar-refractivity contribution >= 4 is 20.7 Å². The van der Waals surface area contributed by atoms with E-state index < -0.39 is 14.6 Å². The molecule has 0 saturated carbocycles. The second-order valence-corrected chi connectivity index (χ2v) is 11.7. The van der Waals surface area contributed by atoms with Crippen molar-refractivity contribution in [3.63, 3.8) is 0 Å². The lowest BCUT2D eigenvalue weighted by Gasteiger charge is -2.56. The number of amides is 1. The van der Waals surface area contributed by atoms with Crippen molar-refractivity contribution < 1.29 is 23.5 Å². The number of hydrogen-bond donors (Lipinski definition) is 1. The van der Waals surface area contributed by atoms with Gasteiger partial charge in [0, 0.05) is 17.0 Å². The fourth-order valence-corrected chi connectivity index (χ4v) is 6.16. The third kappa shape index (κ3) is 3.56. The van der Waals surface area contributed by atoms with E-state index in [2.05, 4.69) is 39.2 Å². The molecule has 1 N–H and O–H groups in total. The van der Waals surface area contributed by atoms with E-state index in [9.17, 15) is 9.59 Å². The Bertz CT molecular complexity index is 847. The van der Waals surface area contributed by atoms with Gasteiger partial charge >= 0.3 is 0 Å². The predicted octanol–water partition coefficient (Wildman–Crippen LogP) is 3.64. The van der Waals surface area contributed by atoms with E-state index in [0.717, 1.165) is 5.56 Å². The van der Waals surface area contributed by atoms with Crippen LogP contribution in [0.3, 0.4) is 0 Å². The fraction of sp³-hybridized carbons (Fsp3) is 0.652. The lowest BCUT2D eigenvalue weighted by Crippen LogP contribution is -2.73. The maximum Gasteiger partial charge on any atom is 0.228 e. The molecule has 6 nitrogen and oxygen atoms in total. The van der Waals surface area contributed by atoms with Crippen molar-refractivity contribution in [1.82, 2.24) is 5.32 Å². The summed E-state index contributed by atoms with van der Waals surface area (Å²) in [6, 6.07) is 3.37. The van der Waals surface area contributed by atoms with Crippen LogP contribution in [0.15, 0.2) is 12.1 Å². The summed E-state index contributed by atoms with van der Waals surface area (Å²) < 4.78 is 17.4. The van der Waals surface area contributed by atoms with Gasteiger partial charge in [0.15, 0.2) is 17.3 Å². The van der Waals surface area contributed by atoms with Gasteiger partial charge in [-0.05, 0) is 50.4 Å².